The molecule has 0 radical (unpaired) electrons. The molecule has 0 bridgehead atoms. The molecular weight excluding hydrogens is 192 g/mol. The van der Waals surface area contributed by atoms with E-state index in [4.69, 9.17) is 10.3 Å². The average molecular weight is 212 g/mol. The summed E-state index contributed by atoms with van der Waals surface area (Å²) >= 11 is 0. The summed E-state index contributed by atoms with van der Waals surface area (Å²) in [4.78, 5) is 4.35. The highest BCUT2D eigenvalue weighted by Gasteiger charge is 2.06. The van der Waals surface area contributed by atoms with Gasteiger partial charge >= 0.3 is 0 Å². The van der Waals surface area contributed by atoms with Gasteiger partial charge in [-0.1, -0.05) is 5.16 Å². The summed E-state index contributed by atoms with van der Waals surface area (Å²) in [5, 5.41) is 3.85. The normalized spacial score (nSPS) is 11.6. The maximum Gasteiger partial charge on any atom is 0.151 e. The van der Waals surface area contributed by atoms with E-state index in [1.54, 1.807) is 0 Å². The molecule has 0 fully saturated rings. The molecule has 15 heavy (non-hydrogen) atoms. The van der Waals surface area contributed by atoms with Crippen molar-refractivity contribution in [1.82, 2.24) is 15.0 Å². The Balaban J connectivity index is 2.33. The minimum absolute atomic E-state index is 0.435. The van der Waals surface area contributed by atoms with E-state index in [0.29, 0.717) is 6.54 Å². The molecule has 0 saturated heterocycles. The van der Waals surface area contributed by atoms with Gasteiger partial charge in [-0.15, -0.1) is 0 Å². The molecule has 5 heteroatoms. The third kappa shape index (κ3) is 4.42. The van der Waals surface area contributed by atoms with E-state index in [2.05, 4.69) is 36.1 Å². The fourth-order valence-electron chi connectivity index (χ4n) is 1.24. The van der Waals surface area contributed by atoms with Gasteiger partial charge in [0.05, 0.1) is 12.2 Å². The van der Waals surface area contributed by atoms with Gasteiger partial charge in [-0.25, -0.2) is 0 Å². The summed E-state index contributed by atoms with van der Waals surface area (Å²) in [5.74, 6) is 0.872. The number of nitrogens with zero attached hydrogens (tertiary/aromatic N) is 3. The van der Waals surface area contributed by atoms with E-state index in [9.17, 15) is 0 Å². The van der Waals surface area contributed by atoms with Gasteiger partial charge in [0.15, 0.2) is 5.76 Å². The molecule has 0 unspecified atom stereocenters. The van der Waals surface area contributed by atoms with Crippen LogP contribution >= 0.6 is 0 Å². The maximum absolute atomic E-state index is 5.45. The standard InChI is InChI=1S/C10H20N4O/c1-13(2)4-5-14(3)8-10-6-9(7-11)12-15-10/h6H,4-5,7-8,11H2,1-3H3. The molecule has 1 rings (SSSR count). The van der Waals surface area contributed by atoms with Crippen LogP contribution in [0.3, 0.4) is 0 Å². The first-order valence-corrected chi connectivity index (χ1v) is 5.09. The molecule has 0 spiro atoms. The molecule has 0 amide bonds. The van der Waals surface area contributed by atoms with E-state index >= 15 is 0 Å². The number of rotatable bonds is 6. The van der Waals surface area contributed by atoms with Crippen molar-refractivity contribution in [1.29, 1.82) is 0 Å². The number of likely N-dealkylation sites (N-methyl/N-ethyl adjacent to an activating group) is 2. The van der Waals surface area contributed by atoms with Gasteiger partial charge in [0, 0.05) is 25.7 Å². The third-order valence-electron chi connectivity index (χ3n) is 2.17. The highest BCUT2D eigenvalue weighted by molar-refractivity contribution is 5.04. The molecule has 5 nitrogen and oxygen atoms in total. The van der Waals surface area contributed by atoms with Gasteiger partial charge in [0.25, 0.3) is 0 Å². The largest absolute Gasteiger partial charge is 0.360 e. The van der Waals surface area contributed by atoms with Crippen LogP contribution in [0.15, 0.2) is 10.6 Å². The second-order valence-electron chi connectivity index (χ2n) is 4.03. The van der Waals surface area contributed by atoms with Gasteiger partial charge in [-0.3, -0.25) is 4.90 Å². The Bertz CT molecular complexity index is 285. The minimum atomic E-state index is 0.435. The number of nitrogens with two attached hydrogens (primary N) is 1. The van der Waals surface area contributed by atoms with Gasteiger partial charge in [0.2, 0.25) is 0 Å². The molecular formula is C10H20N4O. The topological polar surface area (TPSA) is 58.5 Å². The van der Waals surface area contributed by atoms with Crippen molar-refractivity contribution in [2.75, 3.05) is 34.2 Å². The SMILES string of the molecule is CN(C)CCN(C)Cc1cc(CN)no1. The quantitative estimate of drug-likeness (QED) is 0.726. The summed E-state index contributed by atoms with van der Waals surface area (Å²) in [5.41, 5.74) is 6.26. The first-order chi connectivity index (χ1) is 7.11. The molecule has 0 saturated carbocycles. The molecule has 0 aliphatic rings. The van der Waals surface area contributed by atoms with Crippen molar-refractivity contribution in [2.45, 2.75) is 13.1 Å². The van der Waals surface area contributed by atoms with Crippen LogP contribution in [0.4, 0.5) is 0 Å². The second-order valence-corrected chi connectivity index (χ2v) is 4.03. The van der Waals surface area contributed by atoms with Crippen LogP contribution in [0.25, 0.3) is 0 Å². The number of hydrogen-bond donors (Lipinski definition) is 1. The van der Waals surface area contributed by atoms with E-state index < -0.39 is 0 Å². The minimum Gasteiger partial charge on any atom is -0.360 e. The Morgan fingerprint density at radius 1 is 1.33 bits per heavy atom. The van der Waals surface area contributed by atoms with Crippen molar-refractivity contribution in [3.8, 4) is 0 Å². The molecule has 0 aliphatic carbocycles. The maximum atomic E-state index is 5.45. The molecule has 1 aromatic rings. The summed E-state index contributed by atoms with van der Waals surface area (Å²) < 4.78 is 5.15. The van der Waals surface area contributed by atoms with Crippen LogP contribution in [0, 0.1) is 0 Å². The second kappa shape index (κ2) is 5.85. The smallest absolute Gasteiger partial charge is 0.151 e. The zero-order valence-electron chi connectivity index (χ0n) is 9.73. The van der Waals surface area contributed by atoms with Gasteiger partial charge < -0.3 is 15.2 Å². The zero-order chi connectivity index (χ0) is 11.3. The summed E-state index contributed by atoms with van der Waals surface area (Å²) in [6.45, 7) is 3.26. The highest BCUT2D eigenvalue weighted by Crippen LogP contribution is 2.05. The van der Waals surface area contributed by atoms with Gasteiger partial charge in [-0.05, 0) is 21.1 Å². The molecule has 1 heterocycles. The van der Waals surface area contributed by atoms with Gasteiger partial charge in [-0.2, -0.15) is 0 Å². The van der Waals surface area contributed by atoms with Crippen molar-refractivity contribution < 1.29 is 4.52 Å². The van der Waals surface area contributed by atoms with Crippen LogP contribution in [-0.2, 0) is 13.1 Å². The van der Waals surface area contributed by atoms with E-state index in [0.717, 1.165) is 31.1 Å². The Hall–Kier alpha value is -0.910. The molecule has 0 aliphatic heterocycles. The lowest BCUT2D eigenvalue weighted by molar-refractivity contribution is 0.245. The van der Waals surface area contributed by atoms with Gasteiger partial charge in [0.1, 0.15) is 0 Å². The van der Waals surface area contributed by atoms with Crippen molar-refractivity contribution in [3.63, 3.8) is 0 Å². The Kier molecular flexibility index (Phi) is 4.74. The molecule has 0 aromatic carbocycles. The zero-order valence-corrected chi connectivity index (χ0v) is 9.73. The molecule has 2 N–H and O–H groups in total. The van der Waals surface area contributed by atoms with Crippen LogP contribution in [-0.4, -0.2) is 49.2 Å². The predicted molar refractivity (Wildman–Crippen MR) is 59.3 cm³/mol. The predicted octanol–water partition coefficient (Wildman–Crippen LogP) is 0.127. The Morgan fingerprint density at radius 2 is 2.07 bits per heavy atom. The van der Waals surface area contributed by atoms with Crippen molar-refractivity contribution in [2.24, 2.45) is 5.73 Å². The molecule has 1 aromatic heterocycles. The Morgan fingerprint density at radius 3 is 2.60 bits per heavy atom. The highest BCUT2D eigenvalue weighted by atomic mass is 16.5. The van der Waals surface area contributed by atoms with E-state index in [1.165, 1.54) is 0 Å². The lowest BCUT2D eigenvalue weighted by Gasteiger charge is -2.17. The summed E-state index contributed by atoms with van der Waals surface area (Å²) in [7, 11) is 6.19. The third-order valence-corrected chi connectivity index (χ3v) is 2.17. The van der Waals surface area contributed by atoms with Crippen LogP contribution in [0.5, 0.6) is 0 Å². The average Bonchev–Trinajstić information content (AvgIpc) is 2.62. The summed E-state index contributed by atoms with van der Waals surface area (Å²) in [6, 6.07) is 1.91. The number of aromatic nitrogens is 1. The first-order valence-electron chi connectivity index (χ1n) is 5.09. The molecule has 0 atom stereocenters. The van der Waals surface area contributed by atoms with Crippen LogP contribution in [0.2, 0.25) is 0 Å². The van der Waals surface area contributed by atoms with Crippen LogP contribution in [0.1, 0.15) is 11.5 Å². The van der Waals surface area contributed by atoms with Crippen molar-refractivity contribution >= 4 is 0 Å². The first kappa shape index (κ1) is 12.2. The van der Waals surface area contributed by atoms with Crippen molar-refractivity contribution in [3.05, 3.63) is 17.5 Å². The van der Waals surface area contributed by atoms with E-state index in [1.807, 2.05) is 6.07 Å². The number of hydrogen-bond acceptors (Lipinski definition) is 5. The van der Waals surface area contributed by atoms with Crippen LogP contribution < -0.4 is 5.73 Å². The van der Waals surface area contributed by atoms with E-state index in [-0.39, 0.29) is 0 Å². The summed E-state index contributed by atoms with van der Waals surface area (Å²) in [6.07, 6.45) is 0. The molecule has 86 valence electrons. The lowest BCUT2D eigenvalue weighted by Crippen LogP contribution is -2.28. The fourth-order valence-corrected chi connectivity index (χ4v) is 1.24. The lowest BCUT2D eigenvalue weighted by atomic mass is 10.3. The monoisotopic (exact) mass is 212 g/mol. The fraction of sp³-hybridized carbons (Fsp3) is 0.700. The Labute approximate surface area is 90.8 Å².